The van der Waals surface area contributed by atoms with Gasteiger partial charge >= 0.3 is 0 Å². The van der Waals surface area contributed by atoms with E-state index in [-0.39, 0.29) is 0 Å². The Labute approximate surface area is 95.2 Å². The molecule has 0 aromatic rings. The minimum atomic E-state index is 0.386. The Hall–Kier alpha value is -0.0800. The fourth-order valence-electron chi connectivity index (χ4n) is 2.53. The van der Waals surface area contributed by atoms with Crippen LogP contribution >= 0.6 is 0 Å². The van der Waals surface area contributed by atoms with Gasteiger partial charge in [-0.2, -0.15) is 0 Å². The van der Waals surface area contributed by atoms with E-state index in [4.69, 9.17) is 5.73 Å². The second-order valence-electron chi connectivity index (χ2n) is 7.04. The SMILES string of the molecule is CC(C)(C)CC(CN)N1CCC(C)(C)C1. The number of hydrogen-bond donors (Lipinski definition) is 1. The molecule has 0 aromatic carbocycles. The summed E-state index contributed by atoms with van der Waals surface area (Å²) in [6.07, 6.45) is 2.52. The molecule has 2 N–H and O–H groups in total. The molecule has 1 unspecified atom stereocenters. The highest BCUT2D eigenvalue weighted by Gasteiger charge is 2.33. The van der Waals surface area contributed by atoms with E-state index < -0.39 is 0 Å². The molecule has 0 aromatic heterocycles. The summed E-state index contributed by atoms with van der Waals surface area (Å²) >= 11 is 0. The zero-order valence-electron chi connectivity index (χ0n) is 11.1. The molecule has 0 bridgehead atoms. The lowest BCUT2D eigenvalue weighted by atomic mass is 9.87. The number of nitrogens with two attached hydrogens (primary N) is 1. The zero-order chi connectivity index (χ0) is 11.7. The van der Waals surface area contributed by atoms with Crippen molar-refractivity contribution < 1.29 is 0 Å². The van der Waals surface area contributed by atoms with E-state index in [9.17, 15) is 0 Å². The fourth-order valence-corrected chi connectivity index (χ4v) is 2.53. The molecule has 0 aliphatic carbocycles. The van der Waals surface area contributed by atoms with Crippen LogP contribution in [-0.2, 0) is 0 Å². The summed E-state index contributed by atoms with van der Waals surface area (Å²) in [7, 11) is 0. The molecule has 1 aliphatic heterocycles. The van der Waals surface area contributed by atoms with Crippen molar-refractivity contribution in [3.05, 3.63) is 0 Å². The van der Waals surface area contributed by atoms with Crippen molar-refractivity contribution in [1.82, 2.24) is 4.90 Å². The molecule has 1 heterocycles. The van der Waals surface area contributed by atoms with E-state index in [1.165, 1.54) is 25.9 Å². The second-order valence-corrected chi connectivity index (χ2v) is 7.04. The van der Waals surface area contributed by atoms with Crippen molar-refractivity contribution in [1.29, 1.82) is 0 Å². The maximum Gasteiger partial charge on any atom is 0.0223 e. The Kier molecular flexibility index (Phi) is 3.83. The van der Waals surface area contributed by atoms with Gasteiger partial charge in [-0.25, -0.2) is 0 Å². The molecule has 2 nitrogen and oxygen atoms in total. The number of nitrogens with zero attached hydrogens (tertiary/aromatic N) is 1. The van der Waals surface area contributed by atoms with E-state index >= 15 is 0 Å². The summed E-state index contributed by atoms with van der Waals surface area (Å²) in [6, 6.07) is 0.576. The average Bonchev–Trinajstić information content (AvgIpc) is 2.40. The minimum absolute atomic E-state index is 0.386. The first-order valence-corrected chi connectivity index (χ1v) is 6.18. The molecule has 1 rings (SSSR count). The van der Waals surface area contributed by atoms with Crippen molar-refractivity contribution in [3.63, 3.8) is 0 Å². The van der Waals surface area contributed by atoms with E-state index in [0.29, 0.717) is 16.9 Å². The Morgan fingerprint density at radius 2 is 1.93 bits per heavy atom. The summed E-state index contributed by atoms with van der Waals surface area (Å²) in [5.74, 6) is 0. The standard InChI is InChI=1S/C13H28N2/c1-12(2,3)8-11(9-14)15-7-6-13(4,5)10-15/h11H,6-10,14H2,1-5H3. The molecule has 0 radical (unpaired) electrons. The summed E-state index contributed by atoms with van der Waals surface area (Å²) in [5, 5.41) is 0. The molecule has 90 valence electrons. The molecule has 2 heteroatoms. The lowest BCUT2D eigenvalue weighted by molar-refractivity contribution is 0.169. The Bertz CT molecular complexity index is 203. The third-order valence-corrected chi connectivity index (χ3v) is 3.34. The number of rotatable bonds is 3. The van der Waals surface area contributed by atoms with Crippen LogP contribution in [-0.4, -0.2) is 30.6 Å². The van der Waals surface area contributed by atoms with Gasteiger partial charge in [-0.3, -0.25) is 4.90 Å². The lowest BCUT2D eigenvalue weighted by Crippen LogP contribution is -2.42. The molecule has 1 atom stereocenters. The second kappa shape index (κ2) is 4.42. The third kappa shape index (κ3) is 4.12. The first kappa shape index (κ1) is 13.0. The van der Waals surface area contributed by atoms with Gasteiger partial charge in [0, 0.05) is 19.1 Å². The van der Waals surface area contributed by atoms with Crippen LogP contribution < -0.4 is 5.73 Å². The first-order valence-electron chi connectivity index (χ1n) is 6.18. The van der Waals surface area contributed by atoms with Crippen LogP contribution in [0.3, 0.4) is 0 Å². The molecular formula is C13H28N2. The molecule has 0 saturated carbocycles. The van der Waals surface area contributed by atoms with Gasteiger partial charge in [0.25, 0.3) is 0 Å². The fraction of sp³-hybridized carbons (Fsp3) is 1.00. The van der Waals surface area contributed by atoms with Crippen LogP contribution in [0.4, 0.5) is 0 Å². The van der Waals surface area contributed by atoms with Crippen LogP contribution in [0.25, 0.3) is 0 Å². The van der Waals surface area contributed by atoms with Gasteiger partial charge in [-0.1, -0.05) is 34.6 Å². The number of likely N-dealkylation sites (tertiary alicyclic amines) is 1. The smallest absolute Gasteiger partial charge is 0.0223 e. The highest BCUT2D eigenvalue weighted by Crippen LogP contribution is 2.32. The van der Waals surface area contributed by atoms with E-state index in [1.54, 1.807) is 0 Å². The molecule has 0 amide bonds. The molecule has 1 fully saturated rings. The van der Waals surface area contributed by atoms with Crippen LogP contribution in [0.5, 0.6) is 0 Å². The summed E-state index contributed by atoms with van der Waals surface area (Å²) < 4.78 is 0. The average molecular weight is 212 g/mol. The maximum atomic E-state index is 5.91. The van der Waals surface area contributed by atoms with Crippen LogP contribution in [0.1, 0.15) is 47.5 Å². The minimum Gasteiger partial charge on any atom is -0.329 e. The molecule has 0 spiro atoms. The number of hydrogen-bond acceptors (Lipinski definition) is 2. The van der Waals surface area contributed by atoms with Crippen LogP contribution in [0, 0.1) is 10.8 Å². The van der Waals surface area contributed by atoms with Crippen molar-refractivity contribution in [3.8, 4) is 0 Å². The van der Waals surface area contributed by atoms with Gasteiger partial charge in [0.1, 0.15) is 0 Å². The Morgan fingerprint density at radius 1 is 1.33 bits per heavy atom. The van der Waals surface area contributed by atoms with Crippen molar-refractivity contribution in [2.24, 2.45) is 16.6 Å². The Morgan fingerprint density at radius 3 is 2.27 bits per heavy atom. The molecular weight excluding hydrogens is 184 g/mol. The van der Waals surface area contributed by atoms with Gasteiger partial charge in [-0.15, -0.1) is 0 Å². The van der Waals surface area contributed by atoms with Gasteiger partial charge in [-0.05, 0) is 30.2 Å². The van der Waals surface area contributed by atoms with Gasteiger partial charge in [0.2, 0.25) is 0 Å². The summed E-state index contributed by atoms with van der Waals surface area (Å²) in [6.45, 7) is 14.9. The lowest BCUT2D eigenvalue weighted by Gasteiger charge is -2.33. The summed E-state index contributed by atoms with van der Waals surface area (Å²) in [4.78, 5) is 2.59. The van der Waals surface area contributed by atoms with Crippen molar-refractivity contribution in [2.75, 3.05) is 19.6 Å². The highest BCUT2D eigenvalue weighted by molar-refractivity contribution is 4.88. The first-order chi connectivity index (χ1) is 6.73. The predicted octanol–water partition coefficient (Wildman–Crippen LogP) is 2.48. The normalized spacial score (nSPS) is 24.4. The maximum absolute atomic E-state index is 5.91. The van der Waals surface area contributed by atoms with Gasteiger partial charge in [0.05, 0.1) is 0 Å². The van der Waals surface area contributed by atoms with E-state index in [2.05, 4.69) is 39.5 Å². The Balaban J connectivity index is 2.54. The molecule has 15 heavy (non-hydrogen) atoms. The predicted molar refractivity (Wildman–Crippen MR) is 66.9 cm³/mol. The van der Waals surface area contributed by atoms with Gasteiger partial charge < -0.3 is 5.73 Å². The summed E-state index contributed by atoms with van der Waals surface area (Å²) in [5.41, 5.74) is 6.78. The topological polar surface area (TPSA) is 29.3 Å². The third-order valence-electron chi connectivity index (χ3n) is 3.34. The van der Waals surface area contributed by atoms with Crippen LogP contribution in [0.15, 0.2) is 0 Å². The zero-order valence-corrected chi connectivity index (χ0v) is 11.1. The molecule has 1 saturated heterocycles. The van der Waals surface area contributed by atoms with E-state index in [1.807, 2.05) is 0 Å². The highest BCUT2D eigenvalue weighted by atomic mass is 15.2. The molecule has 1 aliphatic rings. The largest absolute Gasteiger partial charge is 0.329 e. The van der Waals surface area contributed by atoms with Gasteiger partial charge in [0.15, 0.2) is 0 Å². The quantitative estimate of drug-likeness (QED) is 0.779. The van der Waals surface area contributed by atoms with Crippen LogP contribution in [0.2, 0.25) is 0 Å². The van der Waals surface area contributed by atoms with E-state index in [0.717, 1.165) is 6.54 Å². The van der Waals surface area contributed by atoms with Crippen molar-refractivity contribution >= 4 is 0 Å². The van der Waals surface area contributed by atoms with Crippen molar-refractivity contribution in [2.45, 2.75) is 53.5 Å². The monoisotopic (exact) mass is 212 g/mol.